The van der Waals surface area contributed by atoms with Gasteiger partial charge in [-0.25, -0.2) is 17.2 Å². The Kier molecular flexibility index (Phi) is 4.82. The third-order valence-electron chi connectivity index (χ3n) is 2.57. The molecule has 0 aliphatic carbocycles. The minimum absolute atomic E-state index is 0.0293. The molecule has 0 bridgehead atoms. The summed E-state index contributed by atoms with van der Waals surface area (Å²) in [6.45, 7) is 0.355. The van der Waals surface area contributed by atoms with Gasteiger partial charge in [0.2, 0.25) is 0 Å². The molecule has 0 aliphatic heterocycles. The van der Waals surface area contributed by atoms with Crippen LogP contribution in [-0.4, -0.2) is 15.5 Å². The van der Waals surface area contributed by atoms with Crippen molar-refractivity contribution < 1.29 is 17.2 Å². The summed E-state index contributed by atoms with van der Waals surface area (Å²) in [5.41, 5.74) is -0.473. The van der Waals surface area contributed by atoms with E-state index < -0.39 is 27.3 Å². The van der Waals surface area contributed by atoms with Crippen LogP contribution in [0.25, 0.3) is 0 Å². The van der Waals surface area contributed by atoms with E-state index in [-0.39, 0.29) is 9.92 Å². The molecule has 1 aromatic carbocycles. The topological polar surface area (TPSA) is 58.2 Å². The molecule has 0 spiro atoms. The fourth-order valence-electron chi connectivity index (χ4n) is 1.69. The molecule has 0 atom stereocenters. The molecular weight excluding hydrogens is 342 g/mol. The first kappa shape index (κ1) is 16.2. The van der Waals surface area contributed by atoms with Gasteiger partial charge in [-0.1, -0.05) is 11.6 Å². The van der Waals surface area contributed by atoms with E-state index in [4.69, 9.17) is 11.6 Å². The zero-order valence-corrected chi connectivity index (χ0v) is 13.2. The molecule has 0 fully saturated rings. The quantitative estimate of drug-likeness (QED) is 0.868. The normalized spacial score (nSPS) is 11.6. The minimum atomic E-state index is -4.01. The molecule has 4 nitrogen and oxygen atoms in total. The van der Waals surface area contributed by atoms with Crippen LogP contribution in [-0.2, 0) is 16.6 Å². The van der Waals surface area contributed by atoms with Crippen LogP contribution in [0.3, 0.4) is 0 Å². The monoisotopic (exact) mass is 352 g/mol. The fraction of sp³-hybridized carbons (Fsp3) is 0.167. The Morgan fingerprint density at radius 3 is 2.67 bits per heavy atom. The van der Waals surface area contributed by atoms with E-state index in [1.807, 2.05) is 0 Å². The van der Waals surface area contributed by atoms with Crippen LogP contribution in [0.15, 0.2) is 28.5 Å². The Morgan fingerprint density at radius 2 is 2.05 bits per heavy atom. The van der Waals surface area contributed by atoms with Crippen molar-refractivity contribution in [2.24, 2.45) is 0 Å². The molecule has 0 unspecified atom stereocenters. The number of rotatable bonds is 5. The molecule has 1 aromatic heterocycles. The molecular formula is C12H11ClF2N2O2S2. The van der Waals surface area contributed by atoms with Crippen molar-refractivity contribution in [2.75, 3.05) is 11.8 Å². The molecule has 0 saturated carbocycles. The molecule has 9 heteroatoms. The van der Waals surface area contributed by atoms with Gasteiger partial charge in [0.05, 0.1) is 5.02 Å². The number of sulfonamides is 1. The second-order valence-corrected chi connectivity index (χ2v) is 7.15. The van der Waals surface area contributed by atoms with Gasteiger partial charge in [-0.2, -0.15) is 0 Å². The molecule has 2 aromatic rings. The Bertz CT molecular complexity index is 739. The number of nitrogens with one attached hydrogen (secondary N) is 2. The second-order valence-electron chi connectivity index (χ2n) is 4.09. The number of anilines is 1. The molecule has 1 heterocycles. The number of thiophene rings is 1. The van der Waals surface area contributed by atoms with Gasteiger partial charge in [0.15, 0.2) is 5.82 Å². The summed E-state index contributed by atoms with van der Waals surface area (Å²) in [5.74, 6) is -1.96. The van der Waals surface area contributed by atoms with Gasteiger partial charge >= 0.3 is 0 Å². The molecule has 114 valence electrons. The average Bonchev–Trinajstić information content (AvgIpc) is 2.83. The maximum absolute atomic E-state index is 13.7. The summed E-state index contributed by atoms with van der Waals surface area (Å²) >= 11 is 6.94. The average molecular weight is 353 g/mol. The lowest BCUT2D eigenvalue weighted by molar-refractivity contribution is 0.582. The molecule has 0 aliphatic rings. The molecule has 2 N–H and O–H groups in total. The Hall–Kier alpha value is -1.22. The third-order valence-corrected chi connectivity index (χ3v) is 5.36. The zero-order chi connectivity index (χ0) is 15.6. The smallest absolute Gasteiger partial charge is 0.263 e. The van der Waals surface area contributed by atoms with Crippen molar-refractivity contribution in [2.45, 2.75) is 11.4 Å². The van der Waals surface area contributed by atoms with Crippen LogP contribution >= 0.6 is 22.9 Å². The lowest BCUT2D eigenvalue weighted by Gasteiger charge is -2.11. The van der Waals surface area contributed by atoms with Crippen molar-refractivity contribution in [3.8, 4) is 0 Å². The first-order valence-corrected chi connectivity index (χ1v) is 8.47. The lowest BCUT2D eigenvalue weighted by Crippen LogP contribution is -2.16. The standard InChI is InChI=1S/C12H11ClF2N2O2S2/c1-16-6-10-11(2-3-20-10)21(18,19)17-12-8(13)4-7(14)5-9(12)15/h2-5,16-17H,6H2,1H3. The number of benzene rings is 1. The van der Waals surface area contributed by atoms with E-state index in [2.05, 4.69) is 10.0 Å². The van der Waals surface area contributed by atoms with Crippen LogP contribution in [0, 0.1) is 11.6 Å². The highest BCUT2D eigenvalue weighted by atomic mass is 35.5. The van der Waals surface area contributed by atoms with Crippen LogP contribution < -0.4 is 10.0 Å². The van der Waals surface area contributed by atoms with Crippen molar-refractivity contribution in [1.29, 1.82) is 0 Å². The zero-order valence-electron chi connectivity index (χ0n) is 10.8. The van der Waals surface area contributed by atoms with Gasteiger partial charge in [-0.15, -0.1) is 11.3 Å². The van der Waals surface area contributed by atoms with Gasteiger partial charge < -0.3 is 5.32 Å². The van der Waals surface area contributed by atoms with E-state index >= 15 is 0 Å². The predicted molar refractivity (Wildman–Crippen MR) is 79.3 cm³/mol. The Morgan fingerprint density at radius 1 is 1.33 bits per heavy atom. The SMILES string of the molecule is CNCc1sccc1S(=O)(=O)Nc1c(F)cc(F)cc1Cl. The highest BCUT2D eigenvalue weighted by molar-refractivity contribution is 7.93. The van der Waals surface area contributed by atoms with Crippen LogP contribution in [0.5, 0.6) is 0 Å². The van der Waals surface area contributed by atoms with Gasteiger partial charge in [-0.05, 0) is 24.6 Å². The first-order chi connectivity index (χ1) is 9.85. The van der Waals surface area contributed by atoms with E-state index in [0.717, 1.165) is 6.07 Å². The summed E-state index contributed by atoms with van der Waals surface area (Å²) < 4.78 is 53.3. The lowest BCUT2D eigenvalue weighted by atomic mass is 10.3. The first-order valence-electron chi connectivity index (χ1n) is 5.73. The van der Waals surface area contributed by atoms with Crippen molar-refractivity contribution in [3.05, 3.63) is 45.1 Å². The number of halogens is 3. The minimum Gasteiger partial charge on any atom is -0.315 e. The summed E-state index contributed by atoms with van der Waals surface area (Å²) in [6, 6.07) is 2.81. The predicted octanol–water partition coefficient (Wildman–Crippen LogP) is 3.20. The molecule has 0 saturated heterocycles. The Labute approximate surface area is 129 Å². The molecule has 21 heavy (non-hydrogen) atoms. The van der Waals surface area contributed by atoms with Gasteiger partial charge in [0, 0.05) is 17.5 Å². The van der Waals surface area contributed by atoms with Crippen molar-refractivity contribution in [3.63, 3.8) is 0 Å². The molecule has 0 amide bonds. The van der Waals surface area contributed by atoms with Crippen LogP contribution in [0.1, 0.15) is 4.88 Å². The van der Waals surface area contributed by atoms with E-state index in [1.54, 1.807) is 12.4 Å². The van der Waals surface area contributed by atoms with Gasteiger partial charge in [0.25, 0.3) is 10.0 Å². The van der Waals surface area contributed by atoms with Crippen LogP contribution in [0.4, 0.5) is 14.5 Å². The van der Waals surface area contributed by atoms with Crippen molar-refractivity contribution >= 4 is 38.6 Å². The Balaban J connectivity index is 2.40. The highest BCUT2D eigenvalue weighted by Crippen LogP contribution is 2.30. The van der Waals surface area contributed by atoms with E-state index in [9.17, 15) is 17.2 Å². The van der Waals surface area contributed by atoms with Crippen molar-refractivity contribution in [1.82, 2.24) is 5.32 Å². The molecule has 2 rings (SSSR count). The molecule has 0 radical (unpaired) electrons. The summed E-state index contributed by atoms with van der Waals surface area (Å²) in [4.78, 5) is 0.602. The fourth-order valence-corrected chi connectivity index (χ4v) is 4.53. The largest absolute Gasteiger partial charge is 0.315 e. The summed E-state index contributed by atoms with van der Waals surface area (Å²) in [5, 5.41) is 4.11. The third kappa shape index (κ3) is 3.52. The van der Waals surface area contributed by atoms with Gasteiger partial charge in [-0.3, -0.25) is 4.72 Å². The highest BCUT2D eigenvalue weighted by Gasteiger charge is 2.22. The second kappa shape index (κ2) is 6.27. The maximum Gasteiger partial charge on any atom is 0.263 e. The van der Waals surface area contributed by atoms with Crippen LogP contribution in [0.2, 0.25) is 5.02 Å². The number of hydrogen-bond acceptors (Lipinski definition) is 4. The summed E-state index contributed by atoms with van der Waals surface area (Å²) in [6.07, 6.45) is 0. The van der Waals surface area contributed by atoms with E-state index in [0.29, 0.717) is 17.5 Å². The number of hydrogen-bond donors (Lipinski definition) is 2. The van der Waals surface area contributed by atoms with E-state index in [1.165, 1.54) is 17.4 Å². The summed E-state index contributed by atoms with van der Waals surface area (Å²) in [7, 11) is -2.33. The van der Waals surface area contributed by atoms with Gasteiger partial charge in [0.1, 0.15) is 16.4 Å². The maximum atomic E-state index is 13.7.